The molecule has 1 aromatic carbocycles. The molecular formula is C26H39NO6S. The predicted molar refractivity (Wildman–Crippen MR) is 134 cm³/mol. The summed E-state index contributed by atoms with van der Waals surface area (Å²) in [7, 11) is 0. The average Bonchev–Trinajstić information content (AvgIpc) is 2.84. The first-order valence-electron chi connectivity index (χ1n) is 12.4. The van der Waals surface area contributed by atoms with E-state index in [0.717, 1.165) is 18.4 Å². The number of benzene rings is 1. The number of hydrogen-bond donors (Lipinski definition) is 3. The minimum absolute atomic E-state index is 0.0606. The Balaban J connectivity index is 1.71. The molecule has 7 nitrogen and oxygen atoms in total. The van der Waals surface area contributed by atoms with Crippen LogP contribution in [-0.2, 0) is 25.5 Å². The van der Waals surface area contributed by atoms with Crippen molar-refractivity contribution in [1.82, 2.24) is 5.32 Å². The van der Waals surface area contributed by atoms with Crippen LogP contribution in [-0.4, -0.2) is 64.2 Å². The number of ether oxygens (including phenoxy) is 1. The number of amides is 1. The fraction of sp³-hybridized carbons (Fsp3) is 0.654. The van der Waals surface area contributed by atoms with E-state index in [9.17, 15) is 19.5 Å². The molecular weight excluding hydrogens is 454 g/mol. The molecule has 34 heavy (non-hydrogen) atoms. The van der Waals surface area contributed by atoms with Crippen LogP contribution in [0.5, 0.6) is 0 Å². The number of carbonyl (C=O) groups is 3. The molecule has 2 rings (SSSR count). The molecule has 1 saturated carbocycles. The van der Waals surface area contributed by atoms with E-state index in [0.29, 0.717) is 49.9 Å². The molecule has 0 heterocycles. The Kier molecular flexibility index (Phi) is 13.9. The van der Waals surface area contributed by atoms with Gasteiger partial charge in [0.05, 0.1) is 24.7 Å². The molecule has 3 N–H and O–H groups in total. The van der Waals surface area contributed by atoms with Crippen molar-refractivity contribution < 1.29 is 29.3 Å². The molecule has 0 saturated heterocycles. The number of Topliss-reactive ketones (excluding diaryl/α,β-unsaturated/α-hetero) is 1. The smallest absolute Gasteiger partial charge is 0.303 e. The first-order chi connectivity index (χ1) is 16.4. The molecule has 1 aliphatic carbocycles. The zero-order valence-corrected chi connectivity index (χ0v) is 20.8. The first kappa shape index (κ1) is 28.3. The monoisotopic (exact) mass is 493 g/mol. The molecule has 8 heteroatoms. The second-order valence-corrected chi connectivity index (χ2v) is 10.1. The van der Waals surface area contributed by atoms with Gasteiger partial charge in [0, 0.05) is 25.2 Å². The topological polar surface area (TPSA) is 113 Å². The minimum atomic E-state index is -1.04. The van der Waals surface area contributed by atoms with Gasteiger partial charge in [-0.1, -0.05) is 49.6 Å². The summed E-state index contributed by atoms with van der Waals surface area (Å²) in [4.78, 5) is 35.7. The molecule has 1 aromatic rings. The molecule has 0 spiro atoms. The SMILES string of the molecule is O=C(O)CCC(=O)NC(CCSCC(O)CCOC1CCCCC1)C(=O)CCc1ccccc1. The molecule has 190 valence electrons. The highest BCUT2D eigenvalue weighted by molar-refractivity contribution is 7.99. The van der Waals surface area contributed by atoms with Crippen molar-refractivity contribution in [2.75, 3.05) is 18.1 Å². The van der Waals surface area contributed by atoms with Gasteiger partial charge in [0.25, 0.3) is 0 Å². The molecule has 1 fully saturated rings. The molecule has 2 unspecified atom stereocenters. The van der Waals surface area contributed by atoms with Crippen LogP contribution >= 0.6 is 11.8 Å². The van der Waals surface area contributed by atoms with Gasteiger partial charge in [-0.05, 0) is 43.4 Å². The normalized spacial score (nSPS) is 16.0. The second kappa shape index (κ2) is 16.7. The van der Waals surface area contributed by atoms with E-state index in [2.05, 4.69) is 5.32 Å². The predicted octanol–water partition coefficient (Wildman–Crippen LogP) is 3.76. The number of aryl methyl sites for hydroxylation is 1. The van der Waals surface area contributed by atoms with E-state index in [1.54, 1.807) is 11.8 Å². The number of thioether (sulfide) groups is 1. The number of nitrogens with one attached hydrogen (secondary N) is 1. The lowest BCUT2D eigenvalue weighted by Crippen LogP contribution is -2.41. The Morgan fingerprint density at radius 1 is 1.03 bits per heavy atom. The molecule has 0 aromatic heterocycles. The third-order valence-electron chi connectivity index (χ3n) is 6.01. The molecule has 1 amide bonds. The quantitative estimate of drug-likeness (QED) is 0.283. The molecule has 1 aliphatic rings. The van der Waals surface area contributed by atoms with E-state index in [4.69, 9.17) is 9.84 Å². The van der Waals surface area contributed by atoms with Crippen molar-refractivity contribution in [3.05, 3.63) is 35.9 Å². The Bertz CT molecular complexity index is 738. The molecule has 2 atom stereocenters. The van der Waals surface area contributed by atoms with E-state index in [1.165, 1.54) is 19.3 Å². The van der Waals surface area contributed by atoms with Crippen LogP contribution in [0.2, 0.25) is 0 Å². The van der Waals surface area contributed by atoms with Gasteiger partial charge < -0.3 is 20.3 Å². The summed E-state index contributed by atoms with van der Waals surface area (Å²) in [5, 5.41) is 21.8. The van der Waals surface area contributed by atoms with Gasteiger partial charge in [-0.25, -0.2) is 0 Å². The maximum absolute atomic E-state index is 12.8. The van der Waals surface area contributed by atoms with Crippen LogP contribution in [0.15, 0.2) is 30.3 Å². The highest BCUT2D eigenvalue weighted by atomic mass is 32.2. The zero-order chi connectivity index (χ0) is 24.6. The number of aliphatic hydroxyl groups excluding tert-OH is 1. The van der Waals surface area contributed by atoms with Gasteiger partial charge in [-0.2, -0.15) is 11.8 Å². The van der Waals surface area contributed by atoms with Gasteiger partial charge >= 0.3 is 5.97 Å². The van der Waals surface area contributed by atoms with Crippen LogP contribution in [0, 0.1) is 0 Å². The number of carboxylic acids is 1. The Morgan fingerprint density at radius 3 is 2.47 bits per heavy atom. The van der Waals surface area contributed by atoms with Crippen molar-refractivity contribution in [3.8, 4) is 0 Å². The molecule has 0 radical (unpaired) electrons. The van der Waals surface area contributed by atoms with Crippen molar-refractivity contribution in [1.29, 1.82) is 0 Å². The third kappa shape index (κ3) is 12.5. The number of aliphatic hydroxyl groups is 1. The van der Waals surface area contributed by atoms with Crippen molar-refractivity contribution in [2.24, 2.45) is 0 Å². The Morgan fingerprint density at radius 2 is 1.76 bits per heavy atom. The van der Waals surface area contributed by atoms with E-state index >= 15 is 0 Å². The summed E-state index contributed by atoms with van der Waals surface area (Å²) in [6.07, 6.45) is 7.35. The van der Waals surface area contributed by atoms with Crippen molar-refractivity contribution >= 4 is 29.4 Å². The van der Waals surface area contributed by atoms with Gasteiger partial charge in [0.1, 0.15) is 0 Å². The number of carboxylic acid groups (broad SMARTS) is 1. The first-order valence-corrected chi connectivity index (χ1v) is 13.5. The summed E-state index contributed by atoms with van der Waals surface area (Å²) in [5.41, 5.74) is 1.06. The second-order valence-electron chi connectivity index (χ2n) is 8.90. The number of rotatable bonds is 17. The lowest BCUT2D eigenvalue weighted by molar-refractivity contribution is -0.139. The van der Waals surface area contributed by atoms with Gasteiger partial charge in [-0.15, -0.1) is 0 Å². The summed E-state index contributed by atoms with van der Waals surface area (Å²) in [6, 6.07) is 9.04. The fourth-order valence-corrected chi connectivity index (χ4v) is 5.00. The summed E-state index contributed by atoms with van der Waals surface area (Å²) >= 11 is 1.55. The highest BCUT2D eigenvalue weighted by Gasteiger charge is 2.21. The van der Waals surface area contributed by atoms with Gasteiger partial charge in [0.2, 0.25) is 5.91 Å². The summed E-state index contributed by atoms with van der Waals surface area (Å²) in [5.74, 6) is -0.369. The molecule has 0 bridgehead atoms. The number of aliphatic carboxylic acids is 1. The Hall–Kier alpha value is -1.90. The van der Waals surface area contributed by atoms with Gasteiger partial charge in [0.15, 0.2) is 5.78 Å². The lowest BCUT2D eigenvalue weighted by atomic mass is 9.98. The average molecular weight is 494 g/mol. The number of carbonyl (C=O) groups excluding carboxylic acids is 2. The van der Waals surface area contributed by atoms with Gasteiger partial charge in [-0.3, -0.25) is 14.4 Å². The highest BCUT2D eigenvalue weighted by Crippen LogP contribution is 2.20. The fourth-order valence-electron chi connectivity index (χ4n) is 3.99. The van der Waals surface area contributed by atoms with Crippen LogP contribution in [0.3, 0.4) is 0 Å². The van der Waals surface area contributed by atoms with Crippen LogP contribution in [0.25, 0.3) is 0 Å². The van der Waals surface area contributed by atoms with Crippen LogP contribution < -0.4 is 5.32 Å². The maximum atomic E-state index is 12.8. The Labute approximate surface area is 207 Å². The number of ketones is 1. The maximum Gasteiger partial charge on any atom is 0.303 e. The van der Waals surface area contributed by atoms with Crippen molar-refractivity contribution in [2.45, 2.75) is 88.9 Å². The minimum Gasteiger partial charge on any atom is -0.481 e. The van der Waals surface area contributed by atoms with E-state index < -0.39 is 24.0 Å². The standard InChI is InChI=1S/C26H39NO6S/c28-21(15-17-33-22-9-5-2-6-10-22)19-34-18-16-23(27-25(30)13-14-26(31)32)24(29)12-11-20-7-3-1-4-8-20/h1,3-4,7-8,21-23,28H,2,5-6,9-19H2,(H,27,30)(H,31,32). The lowest BCUT2D eigenvalue weighted by Gasteiger charge is -2.22. The van der Waals surface area contributed by atoms with Crippen LogP contribution in [0.4, 0.5) is 0 Å². The van der Waals surface area contributed by atoms with Crippen LogP contribution in [0.1, 0.15) is 69.8 Å². The summed E-state index contributed by atoms with van der Waals surface area (Å²) in [6.45, 7) is 0.562. The van der Waals surface area contributed by atoms with E-state index in [-0.39, 0.29) is 18.6 Å². The summed E-state index contributed by atoms with van der Waals surface area (Å²) < 4.78 is 5.87. The number of hydrogen-bond acceptors (Lipinski definition) is 6. The zero-order valence-electron chi connectivity index (χ0n) is 20.0. The largest absolute Gasteiger partial charge is 0.481 e. The molecule has 0 aliphatic heterocycles. The van der Waals surface area contributed by atoms with Crippen molar-refractivity contribution in [3.63, 3.8) is 0 Å². The third-order valence-corrected chi connectivity index (χ3v) is 7.16. The van der Waals surface area contributed by atoms with E-state index in [1.807, 2.05) is 30.3 Å².